The average molecular weight is 290 g/mol. The van der Waals surface area contributed by atoms with Gasteiger partial charge in [0.05, 0.1) is 11.1 Å². The number of nitrogens with one attached hydrogen (secondary N) is 2. The van der Waals surface area contributed by atoms with Crippen LogP contribution in [-0.2, 0) is 0 Å². The zero-order valence-corrected chi connectivity index (χ0v) is 11.6. The number of aromatic amines is 1. The standard InChI is InChI=1S/C12H10N4OS2/c1-13-11(17)8-4-2-3-7-9(5-14-10(7)8)19-12-16-15-6-18-12/h2-6,14H,1H3,(H,13,17). The molecule has 0 aliphatic heterocycles. The summed E-state index contributed by atoms with van der Waals surface area (Å²) >= 11 is 3.03. The van der Waals surface area contributed by atoms with E-state index in [0.717, 1.165) is 20.1 Å². The van der Waals surface area contributed by atoms with E-state index in [1.807, 2.05) is 18.3 Å². The van der Waals surface area contributed by atoms with E-state index < -0.39 is 0 Å². The monoisotopic (exact) mass is 290 g/mol. The summed E-state index contributed by atoms with van der Waals surface area (Å²) in [7, 11) is 1.63. The van der Waals surface area contributed by atoms with Gasteiger partial charge in [-0.15, -0.1) is 10.2 Å². The summed E-state index contributed by atoms with van der Waals surface area (Å²) in [5, 5.41) is 11.5. The van der Waals surface area contributed by atoms with Gasteiger partial charge in [0.2, 0.25) is 0 Å². The summed E-state index contributed by atoms with van der Waals surface area (Å²) in [6.45, 7) is 0. The molecule has 0 aliphatic carbocycles. The zero-order chi connectivity index (χ0) is 13.2. The number of amides is 1. The first-order valence-corrected chi connectivity index (χ1v) is 7.25. The lowest BCUT2D eigenvalue weighted by molar-refractivity contribution is 0.0964. The molecule has 0 radical (unpaired) electrons. The van der Waals surface area contributed by atoms with E-state index in [1.165, 1.54) is 11.3 Å². The minimum Gasteiger partial charge on any atom is -0.359 e. The van der Waals surface area contributed by atoms with Gasteiger partial charge in [-0.25, -0.2) is 0 Å². The second kappa shape index (κ2) is 5.02. The molecule has 1 aromatic carbocycles. The predicted molar refractivity (Wildman–Crippen MR) is 75.7 cm³/mol. The minimum absolute atomic E-state index is 0.0973. The van der Waals surface area contributed by atoms with Gasteiger partial charge in [0.15, 0.2) is 4.34 Å². The molecule has 2 heterocycles. The molecule has 2 N–H and O–H groups in total. The van der Waals surface area contributed by atoms with Crippen molar-refractivity contribution in [2.75, 3.05) is 7.05 Å². The van der Waals surface area contributed by atoms with Crippen LogP contribution in [0.1, 0.15) is 10.4 Å². The summed E-state index contributed by atoms with van der Waals surface area (Å²) in [5.74, 6) is -0.0973. The zero-order valence-electron chi connectivity index (χ0n) is 10.0. The largest absolute Gasteiger partial charge is 0.359 e. The number of aromatic nitrogens is 3. The third kappa shape index (κ3) is 2.22. The maximum Gasteiger partial charge on any atom is 0.253 e. The van der Waals surface area contributed by atoms with Crippen LogP contribution in [0, 0.1) is 0 Å². The topological polar surface area (TPSA) is 70.7 Å². The molecule has 3 rings (SSSR count). The Labute approximate surface area is 117 Å². The third-order valence-electron chi connectivity index (χ3n) is 2.69. The molecule has 3 aromatic rings. The van der Waals surface area contributed by atoms with Crippen molar-refractivity contribution in [1.82, 2.24) is 20.5 Å². The lowest BCUT2D eigenvalue weighted by atomic mass is 10.1. The summed E-state index contributed by atoms with van der Waals surface area (Å²) in [6.07, 6.45) is 1.89. The van der Waals surface area contributed by atoms with Gasteiger partial charge >= 0.3 is 0 Å². The van der Waals surface area contributed by atoms with Crippen LogP contribution in [0.4, 0.5) is 0 Å². The second-order valence-corrected chi connectivity index (χ2v) is 5.89. The van der Waals surface area contributed by atoms with E-state index in [0.29, 0.717) is 5.56 Å². The smallest absolute Gasteiger partial charge is 0.253 e. The average Bonchev–Trinajstić information content (AvgIpc) is 3.08. The molecule has 96 valence electrons. The highest BCUT2D eigenvalue weighted by atomic mass is 32.2. The van der Waals surface area contributed by atoms with E-state index in [2.05, 4.69) is 20.5 Å². The molecule has 0 spiro atoms. The van der Waals surface area contributed by atoms with Crippen molar-refractivity contribution >= 4 is 39.9 Å². The summed E-state index contributed by atoms with van der Waals surface area (Å²) in [6, 6.07) is 5.67. The first-order chi connectivity index (χ1) is 9.29. The van der Waals surface area contributed by atoms with E-state index >= 15 is 0 Å². The summed E-state index contributed by atoms with van der Waals surface area (Å²) < 4.78 is 0.881. The lowest BCUT2D eigenvalue weighted by Gasteiger charge is -2.01. The Morgan fingerprint density at radius 3 is 3.11 bits per heavy atom. The number of nitrogens with zero attached hydrogens (tertiary/aromatic N) is 2. The molecule has 2 aromatic heterocycles. The van der Waals surface area contributed by atoms with Crippen LogP contribution in [0.3, 0.4) is 0 Å². The van der Waals surface area contributed by atoms with Crippen molar-refractivity contribution < 1.29 is 4.79 Å². The Morgan fingerprint density at radius 2 is 2.37 bits per heavy atom. The molecule has 7 heteroatoms. The van der Waals surface area contributed by atoms with E-state index in [1.54, 1.807) is 30.4 Å². The van der Waals surface area contributed by atoms with Gasteiger partial charge in [0, 0.05) is 23.5 Å². The fourth-order valence-corrected chi connectivity index (χ4v) is 3.38. The van der Waals surface area contributed by atoms with Crippen molar-refractivity contribution in [3.8, 4) is 0 Å². The van der Waals surface area contributed by atoms with Gasteiger partial charge in [-0.05, 0) is 6.07 Å². The van der Waals surface area contributed by atoms with Crippen molar-refractivity contribution in [1.29, 1.82) is 0 Å². The summed E-state index contributed by atoms with van der Waals surface area (Å²) in [5.41, 5.74) is 3.19. The van der Waals surface area contributed by atoms with Crippen molar-refractivity contribution in [2.24, 2.45) is 0 Å². The van der Waals surface area contributed by atoms with Crippen molar-refractivity contribution in [2.45, 2.75) is 9.24 Å². The highest BCUT2D eigenvalue weighted by molar-refractivity contribution is 8.01. The highest BCUT2D eigenvalue weighted by Gasteiger charge is 2.13. The fourth-order valence-electron chi connectivity index (χ4n) is 1.84. The first-order valence-electron chi connectivity index (χ1n) is 5.56. The van der Waals surface area contributed by atoms with E-state index in [4.69, 9.17) is 0 Å². The third-order valence-corrected chi connectivity index (χ3v) is 4.52. The SMILES string of the molecule is CNC(=O)c1cccc2c(Sc3nncs3)c[nH]c12. The van der Waals surface area contributed by atoms with Gasteiger partial charge in [0.25, 0.3) is 5.91 Å². The minimum atomic E-state index is -0.0973. The normalized spacial score (nSPS) is 10.8. The van der Waals surface area contributed by atoms with Gasteiger partial charge in [-0.3, -0.25) is 4.79 Å². The Hall–Kier alpha value is -1.86. The molecule has 0 saturated carbocycles. The van der Waals surface area contributed by atoms with Crippen molar-refractivity contribution in [3.63, 3.8) is 0 Å². The fraction of sp³-hybridized carbons (Fsp3) is 0.0833. The number of fused-ring (bicyclic) bond motifs is 1. The van der Waals surface area contributed by atoms with Gasteiger partial charge in [0.1, 0.15) is 5.51 Å². The molecule has 1 amide bonds. The Bertz CT molecular complexity index is 720. The first kappa shape index (κ1) is 12.2. The van der Waals surface area contributed by atoms with E-state index in [-0.39, 0.29) is 5.91 Å². The predicted octanol–water partition coefficient (Wildman–Crippen LogP) is 2.53. The van der Waals surface area contributed by atoms with Crippen LogP contribution >= 0.6 is 23.1 Å². The van der Waals surface area contributed by atoms with Crippen LogP contribution < -0.4 is 5.32 Å². The van der Waals surface area contributed by atoms with Gasteiger partial charge < -0.3 is 10.3 Å². The number of carbonyl (C=O) groups excluding carboxylic acids is 1. The molecular weight excluding hydrogens is 280 g/mol. The number of rotatable bonds is 3. The van der Waals surface area contributed by atoms with E-state index in [9.17, 15) is 4.79 Å². The number of H-pyrrole nitrogens is 1. The van der Waals surface area contributed by atoms with Crippen LogP contribution in [0.5, 0.6) is 0 Å². The maximum atomic E-state index is 11.8. The van der Waals surface area contributed by atoms with Gasteiger partial charge in [-0.1, -0.05) is 35.2 Å². The summed E-state index contributed by atoms with van der Waals surface area (Å²) in [4.78, 5) is 16.0. The highest BCUT2D eigenvalue weighted by Crippen LogP contribution is 2.34. The number of hydrogen-bond donors (Lipinski definition) is 2. The van der Waals surface area contributed by atoms with Gasteiger partial charge in [-0.2, -0.15) is 0 Å². The maximum absolute atomic E-state index is 11.8. The quantitative estimate of drug-likeness (QED) is 0.777. The van der Waals surface area contributed by atoms with Crippen LogP contribution in [0.2, 0.25) is 0 Å². The molecule has 0 atom stereocenters. The number of carbonyl (C=O) groups is 1. The lowest BCUT2D eigenvalue weighted by Crippen LogP contribution is -2.17. The molecule has 0 fully saturated rings. The molecule has 5 nitrogen and oxygen atoms in total. The Balaban J connectivity index is 2.06. The van der Waals surface area contributed by atoms with Crippen LogP contribution in [0.25, 0.3) is 10.9 Å². The number of hydrogen-bond acceptors (Lipinski definition) is 5. The molecule has 0 aliphatic rings. The Kier molecular flexibility index (Phi) is 3.22. The number of benzene rings is 1. The molecule has 0 bridgehead atoms. The van der Waals surface area contributed by atoms with Crippen LogP contribution in [0.15, 0.2) is 39.1 Å². The molecule has 0 unspecified atom stereocenters. The van der Waals surface area contributed by atoms with Crippen molar-refractivity contribution in [3.05, 3.63) is 35.5 Å². The Morgan fingerprint density at radius 1 is 1.47 bits per heavy atom. The molecule has 0 saturated heterocycles. The second-order valence-electron chi connectivity index (χ2n) is 3.77. The molecular formula is C12H10N4OS2. The molecule has 19 heavy (non-hydrogen) atoms. The number of para-hydroxylation sites is 1. The van der Waals surface area contributed by atoms with Crippen LogP contribution in [-0.4, -0.2) is 28.1 Å².